The number of nitrogens with two attached hydrogens (primary N) is 1. The highest BCUT2D eigenvalue weighted by Gasteiger charge is 2.17. The average molecular weight is 248 g/mol. The Balaban J connectivity index is 3.03. The molecule has 4 N–H and O–H groups in total. The van der Waals surface area contributed by atoms with Gasteiger partial charge in [-0.05, 0) is 25.1 Å². The van der Waals surface area contributed by atoms with Gasteiger partial charge in [0, 0.05) is 6.04 Å². The van der Waals surface area contributed by atoms with Crippen molar-refractivity contribution in [3.8, 4) is 0 Å². The lowest BCUT2D eigenvalue weighted by Gasteiger charge is -2.11. The molecule has 0 saturated heterocycles. The maximum Gasteiger partial charge on any atom is 0.240 e. The third kappa shape index (κ3) is 2.91. The van der Waals surface area contributed by atoms with Gasteiger partial charge in [0.25, 0.3) is 0 Å². The Hall–Kier alpha value is -1.18. The van der Waals surface area contributed by atoms with Crippen LogP contribution in [0.25, 0.3) is 0 Å². The van der Waals surface area contributed by atoms with Gasteiger partial charge in [-0.1, -0.05) is 0 Å². The van der Waals surface area contributed by atoms with Crippen molar-refractivity contribution in [2.45, 2.75) is 17.9 Å². The predicted octanol–water partition coefficient (Wildman–Crippen LogP) is 0.0670. The summed E-state index contributed by atoms with van der Waals surface area (Å²) in [5, 5.41) is 8.73. The van der Waals surface area contributed by atoms with Crippen molar-refractivity contribution < 1.29 is 17.9 Å². The Labute approximate surface area is 93.1 Å². The van der Waals surface area contributed by atoms with Gasteiger partial charge in [-0.3, -0.25) is 0 Å². The second kappa shape index (κ2) is 4.77. The highest BCUT2D eigenvalue weighted by molar-refractivity contribution is 7.89. The van der Waals surface area contributed by atoms with Crippen molar-refractivity contribution in [1.29, 1.82) is 0 Å². The van der Waals surface area contributed by atoms with E-state index >= 15 is 0 Å². The predicted molar refractivity (Wildman–Crippen MR) is 57.7 cm³/mol. The SMILES string of the molecule is CC(CO)NS(=O)(=O)c1ccc(F)c(N)c1. The van der Waals surface area contributed by atoms with E-state index in [4.69, 9.17) is 10.8 Å². The number of benzene rings is 1. The first-order valence-electron chi connectivity index (χ1n) is 4.55. The van der Waals surface area contributed by atoms with Crippen LogP contribution in [0.5, 0.6) is 0 Å². The lowest BCUT2D eigenvalue weighted by molar-refractivity contribution is 0.265. The van der Waals surface area contributed by atoms with Crippen molar-refractivity contribution in [2.24, 2.45) is 0 Å². The zero-order valence-corrected chi connectivity index (χ0v) is 9.46. The number of nitrogen functional groups attached to an aromatic ring is 1. The summed E-state index contributed by atoms with van der Waals surface area (Å²) in [4.78, 5) is -0.133. The summed E-state index contributed by atoms with van der Waals surface area (Å²) in [6, 6.07) is 2.50. The molecule has 0 radical (unpaired) electrons. The van der Waals surface area contributed by atoms with Gasteiger partial charge in [-0.2, -0.15) is 0 Å². The van der Waals surface area contributed by atoms with Crippen LogP contribution >= 0.6 is 0 Å². The number of hydrogen-bond acceptors (Lipinski definition) is 4. The van der Waals surface area contributed by atoms with Crippen molar-refractivity contribution in [3.63, 3.8) is 0 Å². The van der Waals surface area contributed by atoms with Crippen LogP contribution in [0.3, 0.4) is 0 Å². The molecule has 0 aliphatic heterocycles. The lowest BCUT2D eigenvalue weighted by atomic mass is 10.3. The second-order valence-electron chi connectivity index (χ2n) is 3.39. The first-order chi connectivity index (χ1) is 7.36. The van der Waals surface area contributed by atoms with E-state index in [1.165, 1.54) is 6.92 Å². The Bertz CT molecular complexity index is 476. The van der Waals surface area contributed by atoms with Crippen molar-refractivity contribution in [1.82, 2.24) is 4.72 Å². The molecule has 0 spiro atoms. The summed E-state index contributed by atoms with van der Waals surface area (Å²) in [6.07, 6.45) is 0. The standard InChI is InChI=1S/C9H13FN2O3S/c1-6(5-13)12-16(14,15)7-2-3-8(10)9(11)4-7/h2-4,6,12-13H,5,11H2,1H3. The van der Waals surface area contributed by atoms with E-state index in [2.05, 4.69) is 4.72 Å². The first kappa shape index (κ1) is 12.9. The van der Waals surface area contributed by atoms with Gasteiger partial charge in [-0.25, -0.2) is 17.5 Å². The number of sulfonamides is 1. The summed E-state index contributed by atoms with van der Waals surface area (Å²) in [7, 11) is -3.77. The van der Waals surface area contributed by atoms with E-state index in [0.717, 1.165) is 18.2 Å². The van der Waals surface area contributed by atoms with Crippen LogP contribution in [0.4, 0.5) is 10.1 Å². The van der Waals surface area contributed by atoms with Gasteiger partial charge in [0.2, 0.25) is 10.0 Å². The Kier molecular flexibility index (Phi) is 3.84. The largest absolute Gasteiger partial charge is 0.396 e. The number of aliphatic hydroxyl groups is 1. The Morgan fingerprint density at radius 3 is 2.69 bits per heavy atom. The highest BCUT2D eigenvalue weighted by Crippen LogP contribution is 2.16. The second-order valence-corrected chi connectivity index (χ2v) is 5.10. The maximum absolute atomic E-state index is 12.8. The molecule has 0 fully saturated rings. The Morgan fingerprint density at radius 2 is 2.19 bits per heavy atom. The number of anilines is 1. The number of halogens is 1. The average Bonchev–Trinajstić information content (AvgIpc) is 2.21. The van der Waals surface area contributed by atoms with Gasteiger partial charge in [0.05, 0.1) is 17.2 Å². The molecule has 0 saturated carbocycles. The van der Waals surface area contributed by atoms with Gasteiger partial charge >= 0.3 is 0 Å². The highest BCUT2D eigenvalue weighted by atomic mass is 32.2. The quantitative estimate of drug-likeness (QED) is 0.657. The first-order valence-corrected chi connectivity index (χ1v) is 6.03. The molecule has 0 amide bonds. The zero-order valence-electron chi connectivity index (χ0n) is 8.64. The van der Waals surface area contributed by atoms with E-state index in [0.29, 0.717) is 0 Å². The number of hydrogen-bond donors (Lipinski definition) is 3. The molecule has 0 aromatic heterocycles. The molecule has 90 valence electrons. The molecular weight excluding hydrogens is 235 g/mol. The summed E-state index contributed by atoms with van der Waals surface area (Å²) >= 11 is 0. The van der Waals surface area contributed by atoms with E-state index in [-0.39, 0.29) is 17.2 Å². The normalized spacial score (nSPS) is 13.7. The van der Waals surface area contributed by atoms with Crippen molar-refractivity contribution >= 4 is 15.7 Å². The van der Waals surface area contributed by atoms with Crippen LogP contribution in [0.1, 0.15) is 6.92 Å². The molecule has 0 bridgehead atoms. The fourth-order valence-electron chi connectivity index (χ4n) is 1.06. The fraction of sp³-hybridized carbons (Fsp3) is 0.333. The number of aliphatic hydroxyl groups excluding tert-OH is 1. The summed E-state index contributed by atoms with van der Waals surface area (Å²) in [5.41, 5.74) is 5.03. The fourth-order valence-corrected chi connectivity index (χ4v) is 2.33. The monoisotopic (exact) mass is 248 g/mol. The maximum atomic E-state index is 12.8. The van der Waals surface area contributed by atoms with Crippen molar-refractivity contribution in [2.75, 3.05) is 12.3 Å². The Morgan fingerprint density at radius 1 is 1.56 bits per heavy atom. The molecule has 1 unspecified atom stereocenters. The molecule has 1 atom stereocenters. The van der Waals surface area contributed by atoms with Crippen LogP contribution in [0.2, 0.25) is 0 Å². The summed E-state index contributed by atoms with van der Waals surface area (Å²) in [6.45, 7) is 1.18. The van der Waals surface area contributed by atoms with Crippen LogP contribution in [-0.4, -0.2) is 26.2 Å². The molecular formula is C9H13FN2O3S. The molecule has 1 aromatic carbocycles. The smallest absolute Gasteiger partial charge is 0.240 e. The minimum atomic E-state index is -3.77. The van der Waals surface area contributed by atoms with Gasteiger partial charge < -0.3 is 10.8 Å². The molecule has 0 heterocycles. The molecule has 1 rings (SSSR count). The van der Waals surface area contributed by atoms with Crippen LogP contribution in [0.15, 0.2) is 23.1 Å². The third-order valence-electron chi connectivity index (χ3n) is 1.91. The van der Waals surface area contributed by atoms with Crippen LogP contribution in [0, 0.1) is 5.82 Å². The molecule has 0 aliphatic rings. The van der Waals surface area contributed by atoms with Crippen LogP contribution in [-0.2, 0) is 10.0 Å². The molecule has 16 heavy (non-hydrogen) atoms. The van der Waals surface area contributed by atoms with Gasteiger partial charge in [0.15, 0.2) is 0 Å². The number of rotatable bonds is 4. The minimum Gasteiger partial charge on any atom is -0.396 e. The summed E-state index contributed by atoms with van der Waals surface area (Å²) < 4.78 is 38.4. The van der Waals surface area contributed by atoms with E-state index in [1.807, 2.05) is 0 Å². The van der Waals surface area contributed by atoms with Gasteiger partial charge in [-0.15, -0.1) is 0 Å². The van der Waals surface area contributed by atoms with Crippen LogP contribution < -0.4 is 10.5 Å². The lowest BCUT2D eigenvalue weighted by Crippen LogP contribution is -2.35. The minimum absolute atomic E-state index is 0.133. The van der Waals surface area contributed by atoms with E-state index < -0.39 is 21.9 Å². The van der Waals surface area contributed by atoms with E-state index in [1.54, 1.807) is 0 Å². The molecule has 5 nitrogen and oxygen atoms in total. The van der Waals surface area contributed by atoms with Gasteiger partial charge in [0.1, 0.15) is 5.82 Å². The third-order valence-corrected chi connectivity index (χ3v) is 3.50. The zero-order chi connectivity index (χ0) is 12.3. The number of nitrogens with one attached hydrogen (secondary N) is 1. The molecule has 7 heteroatoms. The summed E-state index contributed by atoms with van der Waals surface area (Å²) in [5.74, 6) is -0.672. The topological polar surface area (TPSA) is 92.4 Å². The van der Waals surface area contributed by atoms with E-state index in [9.17, 15) is 12.8 Å². The van der Waals surface area contributed by atoms with Crippen molar-refractivity contribution in [3.05, 3.63) is 24.0 Å². The molecule has 1 aromatic rings. The molecule has 0 aliphatic carbocycles.